The van der Waals surface area contributed by atoms with Crippen molar-refractivity contribution in [3.8, 4) is 0 Å². The van der Waals surface area contributed by atoms with Crippen molar-refractivity contribution in [3.05, 3.63) is 71.8 Å². The minimum Gasteiger partial charge on any atom is -0.455 e. The van der Waals surface area contributed by atoms with Crippen molar-refractivity contribution < 1.29 is 19.1 Å². The summed E-state index contributed by atoms with van der Waals surface area (Å²) in [5.74, 6) is 1.08. The lowest BCUT2D eigenvalue weighted by Gasteiger charge is -2.46. The van der Waals surface area contributed by atoms with Crippen molar-refractivity contribution >= 4 is 11.9 Å². The molecule has 0 spiro atoms. The lowest BCUT2D eigenvalue weighted by Crippen LogP contribution is -2.53. The van der Waals surface area contributed by atoms with Crippen molar-refractivity contribution in [1.29, 1.82) is 0 Å². The fraction of sp³-hybridized carbons (Fsp3) is 0.462. The highest BCUT2D eigenvalue weighted by Gasteiger charge is 2.56. The van der Waals surface area contributed by atoms with E-state index < -0.39 is 0 Å². The van der Waals surface area contributed by atoms with E-state index >= 15 is 0 Å². The molecule has 0 aromatic heterocycles. The number of hydrogen-bond donors (Lipinski definition) is 0. The number of fused-ring (bicyclic) bond motifs is 3. The van der Waals surface area contributed by atoms with Gasteiger partial charge in [-0.05, 0) is 61.8 Å². The Morgan fingerprint density at radius 2 is 0.933 bits per heavy atom. The third-order valence-electron chi connectivity index (χ3n) is 7.47. The van der Waals surface area contributed by atoms with Crippen LogP contribution in [-0.2, 0) is 9.47 Å². The first-order chi connectivity index (χ1) is 14.7. The van der Waals surface area contributed by atoms with Gasteiger partial charge in [-0.3, -0.25) is 0 Å². The molecule has 156 valence electrons. The molecule has 2 bridgehead atoms. The van der Waals surface area contributed by atoms with Gasteiger partial charge in [0.2, 0.25) is 0 Å². The molecule has 4 fully saturated rings. The predicted molar refractivity (Wildman–Crippen MR) is 113 cm³/mol. The lowest BCUT2D eigenvalue weighted by atomic mass is 9.66. The summed E-state index contributed by atoms with van der Waals surface area (Å²) in [6.45, 7) is 0. The van der Waals surface area contributed by atoms with Gasteiger partial charge in [0.15, 0.2) is 0 Å². The van der Waals surface area contributed by atoms with Crippen LogP contribution in [0, 0.1) is 23.7 Å². The third-order valence-corrected chi connectivity index (χ3v) is 7.47. The van der Waals surface area contributed by atoms with Crippen LogP contribution < -0.4 is 0 Å². The average molecular weight is 405 g/mol. The maximum atomic E-state index is 12.9. The van der Waals surface area contributed by atoms with Gasteiger partial charge in [0, 0.05) is 11.8 Å². The van der Waals surface area contributed by atoms with Crippen LogP contribution in [0.5, 0.6) is 0 Å². The van der Waals surface area contributed by atoms with Gasteiger partial charge in [-0.2, -0.15) is 0 Å². The molecule has 2 aromatic carbocycles. The van der Waals surface area contributed by atoms with E-state index in [9.17, 15) is 9.59 Å². The molecule has 0 amide bonds. The van der Waals surface area contributed by atoms with Crippen LogP contribution in [-0.4, -0.2) is 24.1 Å². The Balaban J connectivity index is 1.44. The molecule has 6 rings (SSSR count). The van der Waals surface area contributed by atoms with E-state index in [2.05, 4.69) is 0 Å². The molecule has 0 radical (unpaired) electrons. The second kappa shape index (κ2) is 8.25. The predicted octanol–water partition coefficient (Wildman–Crippen LogP) is 5.28. The summed E-state index contributed by atoms with van der Waals surface area (Å²) in [4.78, 5) is 25.9. The van der Waals surface area contributed by atoms with Crippen LogP contribution in [0.3, 0.4) is 0 Å². The number of benzene rings is 2. The van der Waals surface area contributed by atoms with Crippen molar-refractivity contribution in [2.24, 2.45) is 23.7 Å². The normalized spacial score (nSPS) is 32.1. The molecular formula is C26H28O4. The van der Waals surface area contributed by atoms with Crippen LogP contribution in [0.2, 0.25) is 0 Å². The fourth-order valence-corrected chi connectivity index (χ4v) is 6.24. The highest BCUT2D eigenvalue weighted by molar-refractivity contribution is 5.90. The monoisotopic (exact) mass is 404 g/mol. The Hall–Kier alpha value is -2.62. The van der Waals surface area contributed by atoms with E-state index in [-0.39, 0.29) is 36.0 Å². The van der Waals surface area contributed by atoms with Gasteiger partial charge in [-0.15, -0.1) is 0 Å². The van der Waals surface area contributed by atoms with Crippen LogP contribution in [0.15, 0.2) is 60.7 Å². The number of ether oxygens (including phenoxy) is 2. The number of carbonyl (C=O) groups excluding carboxylic acids is 2. The Morgan fingerprint density at radius 3 is 1.33 bits per heavy atom. The van der Waals surface area contributed by atoms with Gasteiger partial charge in [0.05, 0.1) is 11.1 Å². The summed E-state index contributed by atoms with van der Waals surface area (Å²) < 4.78 is 12.3. The standard InChI is InChI=1S/C26H28O4/c27-25(17-9-3-1-4-10-17)29-23-21-15-8-16-22(20-14-7-13-19(20)21)24(23)30-26(28)18-11-5-2-6-12-18/h1-6,9-12,19-24H,7-8,13-16H2. The molecule has 0 heterocycles. The molecule has 4 aliphatic carbocycles. The number of hydrogen-bond acceptors (Lipinski definition) is 4. The number of rotatable bonds is 4. The fourth-order valence-electron chi connectivity index (χ4n) is 6.24. The molecule has 4 saturated carbocycles. The Labute approximate surface area is 177 Å². The molecule has 4 nitrogen and oxygen atoms in total. The molecule has 0 aliphatic heterocycles. The molecule has 4 aliphatic rings. The minimum atomic E-state index is -0.364. The van der Waals surface area contributed by atoms with Gasteiger partial charge >= 0.3 is 11.9 Å². The van der Waals surface area contributed by atoms with E-state index in [0.717, 1.165) is 19.3 Å². The van der Waals surface area contributed by atoms with Gasteiger partial charge in [0.25, 0.3) is 0 Å². The zero-order valence-corrected chi connectivity index (χ0v) is 17.1. The molecule has 0 saturated heterocycles. The second-order valence-corrected chi connectivity index (χ2v) is 8.99. The van der Waals surface area contributed by atoms with Crippen molar-refractivity contribution in [3.63, 3.8) is 0 Å². The quantitative estimate of drug-likeness (QED) is 0.650. The zero-order chi connectivity index (χ0) is 20.5. The summed E-state index contributed by atoms with van der Waals surface area (Å²) in [5, 5.41) is 0. The second-order valence-electron chi connectivity index (χ2n) is 8.99. The summed E-state index contributed by atoms with van der Waals surface area (Å²) in [6.07, 6.45) is 6.10. The van der Waals surface area contributed by atoms with E-state index in [4.69, 9.17) is 9.47 Å². The summed E-state index contributed by atoms with van der Waals surface area (Å²) >= 11 is 0. The van der Waals surface area contributed by atoms with Crippen molar-refractivity contribution in [2.45, 2.75) is 50.7 Å². The Bertz CT molecular complexity index is 820. The number of carbonyl (C=O) groups is 2. The Morgan fingerprint density at radius 1 is 0.567 bits per heavy atom. The summed E-state index contributed by atoms with van der Waals surface area (Å²) in [7, 11) is 0. The zero-order valence-electron chi connectivity index (χ0n) is 17.1. The molecular weight excluding hydrogens is 376 g/mol. The Kier molecular flexibility index (Phi) is 5.32. The summed E-state index contributed by atoms with van der Waals surface area (Å²) in [5.41, 5.74) is 1.10. The molecule has 4 heteroatoms. The van der Waals surface area contributed by atoms with E-state index in [1.807, 2.05) is 36.4 Å². The maximum Gasteiger partial charge on any atom is 0.338 e. The van der Waals surface area contributed by atoms with Gasteiger partial charge in [-0.25, -0.2) is 9.59 Å². The van der Waals surface area contributed by atoms with Crippen LogP contribution in [0.4, 0.5) is 0 Å². The van der Waals surface area contributed by atoms with Gasteiger partial charge < -0.3 is 9.47 Å². The van der Waals surface area contributed by atoms with Gasteiger partial charge in [-0.1, -0.05) is 49.2 Å². The smallest absolute Gasteiger partial charge is 0.338 e. The van der Waals surface area contributed by atoms with E-state index in [1.54, 1.807) is 24.3 Å². The van der Waals surface area contributed by atoms with Crippen LogP contribution in [0.25, 0.3) is 0 Å². The van der Waals surface area contributed by atoms with Gasteiger partial charge in [0.1, 0.15) is 12.2 Å². The minimum absolute atomic E-state index is 0.275. The molecule has 30 heavy (non-hydrogen) atoms. The first-order valence-electron chi connectivity index (χ1n) is 11.2. The third kappa shape index (κ3) is 3.53. The van der Waals surface area contributed by atoms with E-state index in [1.165, 1.54) is 19.3 Å². The summed E-state index contributed by atoms with van der Waals surface area (Å²) in [6, 6.07) is 18.3. The van der Waals surface area contributed by atoms with Crippen molar-refractivity contribution in [1.82, 2.24) is 0 Å². The first-order valence-corrected chi connectivity index (χ1v) is 11.2. The average Bonchev–Trinajstić information content (AvgIpc) is 3.14. The van der Waals surface area contributed by atoms with Crippen LogP contribution >= 0.6 is 0 Å². The molecule has 6 atom stereocenters. The molecule has 6 unspecified atom stereocenters. The SMILES string of the molecule is O=C(OC1C2CCCC(C3CCCC32)C1OC(=O)c1ccccc1)c1ccccc1. The largest absolute Gasteiger partial charge is 0.455 e. The number of esters is 2. The highest BCUT2D eigenvalue weighted by atomic mass is 16.6. The van der Waals surface area contributed by atoms with E-state index in [0.29, 0.717) is 23.0 Å². The topological polar surface area (TPSA) is 52.6 Å². The highest BCUT2D eigenvalue weighted by Crippen LogP contribution is 2.55. The first kappa shape index (κ1) is 19.3. The lowest BCUT2D eigenvalue weighted by molar-refractivity contribution is -0.122. The molecule has 2 aromatic rings. The molecule has 0 N–H and O–H groups in total. The maximum absolute atomic E-state index is 12.9. The van der Waals surface area contributed by atoms with Crippen molar-refractivity contribution in [2.75, 3.05) is 0 Å². The van der Waals surface area contributed by atoms with Crippen LogP contribution in [0.1, 0.15) is 59.2 Å².